The summed E-state index contributed by atoms with van der Waals surface area (Å²) >= 11 is 0. The predicted octanol–water partition coefficient (Wildman–Crippen LogP) is 6.26. The van der Waals surface area contributed by atoms with Crippen molar-refractivity contribution in [3.63, 3.8) is 0 Å². The fourth-order valence-corrected chi connectivity index (χ4v) is 3.06. The van der Waals surface area contributed by atoms with E-state index in [1.54, 1.807) is 6.07 Å². The molecule has 1 N–H and O–H groups in total. The van der Waals surface area contributed by atoms with Crippen molar-refractivity contribution < 1.29 is 9.21 Å². The molecule has 0 atom stereocenters. The SMILES string of the molecule is O=Cc1ccc(NCCCCCCCCCCCc2ccccc2)o1. The second-order valence-corrected chi connectivity index (χ2v) is 6.66. The second-order valence-electron chi connectivity index (χ2n) is 6.66. The molecule has 0 amide bonds. The van der Waals surface area contributed by atoms with E-state index >= 15 is 0 Å². The predicted molar refractivity (Wildman–Crippen MR) is 104 cm³/mol. The first-order valence-electron chi connectivity index (χ1n) is 9.71. The number of aldehydes is 1. The van der Waals surface area contributed by atoms with Gasteiger partial charge in [-0.05, 0) is 30.9 Å². The molecule has 0 fully saturated rings. The molecule has 0 aliphatic carbocycles. The lowest BCUT2D eigenvalue weighted by atomic mass is 10.0. The number of aryl methyl sites for hydroxylation is 1. The van der Waals surface area contributed by atoms with Crippen molar-refractivity contribution in [2.45, 2.75) is 64.2 Å². The number of carbonyl (C=O) groups is 1. The summed E-state index contributed by atoms with van der Waals surface area (Å²) < 4.78 is 5.27. The monoisotopic (exact) mass is 341 g/mol. The van der Waals surface area contributed by atoms with E-state index in [4.69, 9.17) is 4.42 Å². The standard InChI is InChI=1S/C22H31NO2/c24-19-21-16-17-22(25-21)23-18-12-7-5-3-1-2-4-6-9-13-20-14-10-8-11-15-20/h8,10-11,14-17,19,23H,1-7,9,12-13,18H2. The van der Waals surface area contributed by atoms with Gasteiger partial charge in [0, 0.05) is 12.6 Å². The summed E-state index contributed by atoms with van der Waals surface area (Å²) in [6, 6.07) is 14.3. The van der Waals surface area contributed by atoms with Crippen LogP contribution >= 0.6 is 0 Å². The van der Waals surface area contributed by atoms with Crippen LogP contribution in [0, 0.1) is 0 Å². The second kappa shape index (κ2) is 12.3. The summed E-state index contributed by atoms with van der Waals surface area (Å²) in [5.41, 5.74) is 1.47. The first kappa shape index (κ1) is 19.3. The van der Waals surface area contributed by atoms with Crippen molar-refractivity contribution in [1.29, 1.82) is 0 Å². The van der Waals surface area contributed by atoms with Crippen molar-refractivity contribution >= 4 is 12.2 Å². The summed E-state index contributed by atoms with van der Waals surface area (Å²) in [5.74, 6) is 1.07. The molecule has 0 spiro atoms. The van der Waals surface area contributed by atoms with Gasteiger partial charge in [-0.1, -0.05) is 75.3 Å². The Bertz CT molecular complexity index is 577. The minimum atomic E-state index is 0.381. The Morgan fingerprint density at radius 3 is 2.04 bits per heavy atom. The number of benzene rings is 1. The molecule has 1 heterocycles. The molecule has 0 saturated heterocycles. The highest BCUT2D eigenvalue weighted by Crippen LogP contribution is 2.13. The minimum Gasteiger partial charge on any atom is -0.438 e. The van der Waals surface area contributed by atoms with Crippen LogP contribution in [0.2, 0.25) is 0 Å². The van der Waals surface area contributed by atoms with E-state index in [1.807, 2.05) is 6.07 Å². The van der Waals surface area contributed by atoms with E-state index in [2.05, 4.69) is 35.6 Å². The Labute approximate surface area is 151 Å². The normalized spacial score (nSPS) is 10.7. The molecular formula is C22H31NO2. The number of hydrogen-bond donors (Lipinski definition) is 1. The van der Waals surface area contributed by atoms with Crippen LogP contribution in [0.3, 0.4) is 0 Å². The highest BCUT2D eigenvalue weighted by atomic mass is 16.4. The summed E-state index contributed by atoms with van der Waals surface area (Å²) in [6.07, 6.45) is 13.8. The van der Waals surface area contributed by atoms with E-state index in [0.717, 1.165) is 19.3 Å². The summed E-state index contributed by atoms with van der Waals surface area (Å²) in [6.45, 7) is 0.908. The van der Waals surface area contributed by atoms with Gasteiger partial charge in [0.1, 0.15) is 0 Å². The van der Waals surface area contributed by atoms with Gasteiger partial charge < -0.3 is 9.73 Å². The lowest BCUT2D eigenvalue weighted by Gasteiger charge is -2.04. The zero-order valence-electron chi connectivity index (χ0n) is 15.2. The number of hydrogen-bond acceptors (Lipinski definition) is 3. The first-order chi connectivity index (χ1) is 12.4. The zero-order chi connectivity index (χ0) is 17.6. The molecule has 0 bridgehead atoms. The van der Waals surface area contributed by atoms with Crippen LogP contribution in [0.1, 0.15) is 73.9 Å². The van der Waals surface area contributed by atoms with Gasteiger partial charge in [-0.2, -0.15) is 0 Å². The lowest BCUT2D eigenvalue weighted by Crippen LogP contribution is -2.00. The van der Waals surface area contributed by atoms with Crippen molar-refractivity contribution in [1.82, 2.24) is 0 Å². The van der Waals surface area contributed by atoms with Gasteiger partial charge in [0.2, 0.25) is 0 Å². The number of rotatable bonds is 14. The quantitative estimate of drug-likeness (QED) is 0.326. The van der Waals surface area contributed by atoms with Crippen molar-refractivity contribution in [2.24, 2.45) is 0 Å². The van der Waals surface area contributed by atoms with Gasteiger partial charge in [-0.25, -0.2) is 0 Å². The van der Waals surface area contributed by atoms with E-state index in [1.165, 1.54) is 63.4 Å². The Morgan fingerprint density at radius 2 is 1.40 bits per heavy atom. The number of unbranched alkanes of at least 4 members (excludes halogenated alkanes) is 8. The van der Waals surface area contributed by atoms with Gasteiger partial charge in [0.25, 0.3) is 0 Å². The molecule has 0 saturated carbocycles. The Hall–Kier alpha value is -2.03. The maximum Gasteiger partial charge on any atom is 0.193 e. The largest absolute Gasteiger partial charge is 0.438 e. The molecule has 3 nitrogen and oxygen atoms in total. The maximum absolute atomic E-state index is 10.5. The molecule has 0 unspecified atom stereocenters. The topological polar surface area (TPSA) is 42.2 Å². The van der Waals surface area contributed by atoms with Crippen LogP contribution in [0.5, 0.6) is 0 Å². The molecule has 1 aromatic carbocycles. The van der Waals surface area contributed by atoms with E-state index in [0.29, 0.717) is 11.6 Å². The van der Waals surface area contributed by atoms with Crippen LogP contribution in [0.15, 0.2) is 46.9 Å². The third kappa shape index (κ3) is 8.57. The molecule has 136 valence electrons. The molecule has 2 rings (SSSR count). The molecule has 25 heavy (non-hydrogen) atoms. The fraction of sp³-hybridized carbons (Fsp3) is 0.500. The van der Waals surface area contributed by atoms with Gasteiger partial charge in [-0.15, -0.1) is 0 Å². The number of furan rings is 1. The summed E-state index contributed by atoms with van der Waals surface area (Å²) in [4.78, 5) is 10.5. The third-order valence-electron chi connectivity index (χ3n) is 4.53. The number of nitrogens with one attached hydrogen (secondary N) is 1. The third-order valence-corrected chi connectivity index (χ3v) is 4.53. The number of anilines is 1. The highest BCUT2D eigenvalue weighted by molar-refractivity contribution is 5.71. The van der Waals surface area contributed by atoms with Crippen LogP contribution < -0.4 is 5.32 Å². The van der Waals surface area contributed by atoms with E-state index < -0.39 is 0 Å². The van der Waals surface area contributed by atoms with Crippen molar-refractivity contribution in [2.75, 3.05) is 11.9 Å². The summed E-state index contributed by atoms with van der Waals surface area (Å²) in [5, 5.41) is 3.21. The van der Waals surface area contributed by atoms with Crippen LogP contribution in [-0.2, 0) is 6.42 Å². The molecule has 0 aliphatic heterocycles. The zero-order valence-corrected chi connectivity index (χ0v) is 15.2. The van der Waals surface area contributed by atoms with Crippen LogP contribution in [-0.4, -0.2) is 12.8 Å². The molecule has 3 heteroatoms. The lowest BCUT2D eigenvalue weighted by molar-refractivity contribution is 0.110. The van der Waals surface area contributed by atoms with E-state index in [-0.39, 0.29) is 0 Å². The van der Waals surface area contributed by atoms with Crippen LogP contribution in [0.25, 0.3) is 0 Å². The molecule has 0 aliphatic rings. The first-order valence-corrected chi connectivity index (χ1v) is 9.71. The number of carbonyl (C=O) groups excluding carboxylic acids is 1. The summed E-state index contributed by atoms with van der Waals surface area (Å²) in [7, 11) is 0. The maximum atomic E-state index is 10.5. The Kier molecular flexibility index (Phi) is 9.53. The average molecular weight is 341 g/mol. The molecule has 2 aromatic rings. The minimum absolute atomic E-state index is 0.381. The van der Waals surface area contributed by atoms with E-state index in [9.17, 15) is 4.79 Å². The molecule has 0 radical (unpaired) electrons. The smallest absolute Gasteiger partial charge is 0.193 e. The van der Waals surface area contributed by atoms with Gasteiger partial charge in [0.15, 0.2) is 17.9 Å². The fourth-order valence-electron chi connectivity index (χ4n) is 3.06. The Morgan fingerprint density at radius 1 is 0.760 bits per heavy atom. The van der Waals surface area contributed by atoms with Crippen molar-refractivity contribution in [3.8, 4) is 0 Å². The Balaban J connectivity index is 1.33. The van der Waals surface area contributed by atoms with Gasteiger partial charge in [0.05, 0.1) is 0 Å². The van der Waals surface area contributed by atoms with Gasteiger partial charge in [-0.3, -0.25) is 4.79 Å². The average Bonchev–Trinajstić information content (AvgIpc) is 3.11. The van der Waals surface area contributed by atoms with Crippen LogP contribution in [0.4, 0.5) is 5.88 Å². The molecule has 1 aromatic heterocycles. The highest BCUT2D eigenvalue weighted by Gasteiger charge is 1.99. The van der Waals surface area contributed by atoms with Gasteiger partial charge >= 0.3 is 0 Å². The van der Waals surface area contributed by atoms with Crippen molar-refractivity contribution in [3.05, 3.63) is 53.8 Å². The molecular weight excluding hydrogens is 310 g/mol.